The highest BCUT2D eigenvalue weighted by molar-refractivity contribution is 7.98. The molecule has 1 saturated heterocycles. The lowest BCUT2D eigenvalue weighted by molar-refractivity contribution is 0.0811. The molecule has 2 unspecified atom stereocenters. The summed E-state index contributed by atoms with van der Waals surface area (Å²) in [5, 5.41) is 12.4. The van der Waals surface area contributed by atoms with Gasteiger partial charge in [0.25, 0.3) is 0 Å². The molecule has 2 amide bonds. The maximum atomic E-state index is 12.4. The first kappa shape index (κ1) is 15.2. The van der Waals surface area contributed by atoms with Gasteiger partial charge in [0.15, 0.2) is 0 Å². The first-order valence-corrected chi connectivity index (χ1v) is 8.20. The molecule has 0 aromatic heterocycles. The summed E-state index contributed by atoms with van der Waals surface area (Å²) < 4.78 is 0. The summed E-state index contributed by atoms with van der Waals surface area (Å²) in [7, 11) is 0. The largest absolute Gasteiger partial charge is 0.394 e. The van der Waals surface area contributed by atoms with Crippen LogP contribution in [0.2, 0.25) is 0 Å². The molecule has 0 saturated carbocycles. The fourth-order valence-electron chi connectivity index (χ4n) is 2.68. The lowest BCUT2D eigenvalue weighted by Gasteiger charge is -2.38. The zero-order valence-corrected chi connectivity index (χ0v) is 12.8. The Hall–Kier alpha value is -1.20. The fraction of sp³-hybridized carbons (Fsp3) is 0.533. The summed E-state index contributed by atoms with van der Waals surface area (Å²) in [5.74, 6) is 0.344. The molecular weight excluding hydrogens is 272 g/mol. The molecule has 2 atom stereocenters. The van der Waals surface area contributed by atoms with Crippen LogP contribution in [0.15, 0.2) is 29.2 Å². The Kier molecular flexibility index (Phi) is 5.31. The van der Waals surface area contributed by atoms with Gasteiger partial charge in [0.05, 0.1) is 12.6 Å². The standard InChI is InChI=1S/C15H22N2O2S/c1-11-5-4-8-17(14(11)10-18)15(19)16-12-6-3-7-13(9-12)20-2/h3,6-7,9,11,14,18H,4-5,8,10H2,1-2H3,(H,16,19). The zero-order valence-electron chi connectivity index (χ0n) is 12.0. The number of aliphatic hydroxyl groups is 1. The van der Waals surface area contributed by atoms with Crippen molar-refractivity contribution in [3.8, 4) is 0 Å². The first-order chi connectivity index (χ1) is 9.65. The number of anilines is 1. The number of aliphatic hydroxyl groups excluding tert-OH is 1. The first-order valence-electron chi connectivity index (χ1n) is 6.98. The van der Waals surface area contributed by atoms with Gasteiger partial charge in [-0.3, -0.25) is 0 Å². The molecule has 0 radical (unpaired) electrons. The van der Waals surface area contributed by atoms with E-state index in [0.29, 0.717) is 12.5 Å². The maximum absolute atomic E-state index is 12.4. The van der Waals surface area contributed by atoms with Gasteiger partial charge < -0.3 is 15.3 Å². The molecule has 1 aliphatic rings. The summed E-state index contributed by atoms with van der Waals surface area (Å²) in [5.41, 5.74) is 0.803. The smallest absolute Gasteiger partial charge is 0.322 e. The number of hydrogen-bond acceptors (Lipinski definition) is 3. The molecule has 2 rings (SSSR count). The van der Waals surface area contributed by atoms with Crippen molar-refractivity contribution in [2.75, 3.05) is 24.7 Å². The third-order valence-corrected chi connectivity index (χ3v) is 4.61. The predicted octanol–water partition coefficient (Wildman–Crippen LogP) is 3.03. The molecule has 2 N–H and O–H groups in total. The number of amides is 2. The summed E-state index contributed by atoms with van der Waals surface area (Å²) in [4.78, 5) is 15.3. The molecule has 0 bridgehead atoms. The third kappa shape index (κ3) is 3.46. The third-order valence-electron chi connectivity index (χ3n) is 3.88. The van der Waals surface area contributed by atoms with Crippen molar-refractivity contribution in [3.63, 3.8) is 0 Å². The summed E-state index contributed by atoms with van der Waals surface area (Å²) in [6.07, 6.45) is 4.07. The van der Waals surface area contributed by atoms with Crippen molar-refractivity contribution in [2.45, 2.75) is 30.7 Å². The van der Waals surface area contributed by atoms with E-state index in [0.717, 1.165) is 23.4 Å². The molecule has 4 nitrogen and oxygen atoms in total. The van der Waals surface area contributed by atoms with E-state index in [1.165, 1.54) is 0 Å². The van der Waals surface area contributed by atoms with Crippen LogP contribution in [0.3, 0.4) is 0 Å². The average molecular weight is 294 g/mol. The van der Waals surface area contributed by atoms with E-state index in [-0.39, 0.29) is 18.7 Å². The minimum atomic E-state index is -0.117. The van der Waals surface area contributed by atoms with E-state index in [1.54, 1.807) is 16.7 Å². The van der Waals surface area contributed by atoms with Gasteiger partial charge in [0, 0.05) is 17.1 Å². The van der Waals surface area contributed by atoms with Crippen molar-refractivity contribution in [1.82, 2.24) is 4.90 Å². The lowest BCUT2D eigenvalue weighted by atomic mass is 9.91. The van der Waals surface area contributed by atoms with Gasteiger partial charge >= 0.3 is 6.03 Å². The van der Waals surface area contributed by atoms with E-state index >= 15 is 0 Å². The zero-order chi connectivity index (χ0) is 14.5. The van der Waals surface area contributed by atoms with E-state index in [2.05, 4.69) is 12.2 Å². The van der Waals surface area contributed by atoms with Crippen LogP contribution in [-0.4, -0.2) is 41.5 Å². The fourth-order valence-corrected chi connectivity index (χ4v) is 3.14. The number of rotatable bonds is 3. The Labute approximate surface area is 124 Å². The van der Waals surface area contributed by atoms with Gasteiger partial charge in [-0.1, -0.05) is 13.0 Å². The maximum Gasteiger partial charge on any atom is 0.322 e. The summed E-state index contributed by atoms with van der Waals surface area (Å²) in [6, 6.07) is 7.60. The Morgan fingerprint density at radius 2 is 2.35 bits per heavy atom. The normalized spacial score (nSPS) is 22.6. The van der Waals surface area contributed by atoms with Crippen LogP contribution in [0, 0.1) is 5.92 Å². The van der Waals surface area contributed by atoms with Crippen molar-refractivity contribution in [1.29, 1.82) is 0 Å². The van der Waals surface area contributed by atoms with Crippen molar-refractivity contribution in [3.05, 3.63) is 24.3 Å². The number of likely N-dealkylation sites (tertiary alicyclic amines) is 1. The highest BCUT2D eigenvalue weighted by Crippen LogP contribution is 2.24. The number of thioether (sulfide) groups is 1. The minimum Gasteiger partial charge on any atom is -0.394 e. The van der Waals surface area contributed by atoms with Crippen LogP contribution in [0.4, 0.5) is 10.5 Å². The Balaban J connectivity index is 2.06. The second-order valence-corrected chi connectivity index (χ2v) is 6.10. The number of hydrogen-bond donors (Lipinski definition) is 2. The molecule has 1 aliphatic heterocycles. The van der Waals surface area contributed by atoms with Crippen LogP contribution in [0.25, 0.3) is 0 Å². The average Bonchev–Trinajstić information content (AvgIpc) is 2.47. The minimum absolute atomic E-state index is 0.0272. The number of nitrogens with zero attached hydrogens (tertiary/aromatic N) is 1. The van der Waals surface area contributed by atoms with Gasteiger partial charge in [-0.2, -0.15) is 0 Å². The molecular formula is C15H22N2O2S. The monoisotopic (exact) mass is 294 g/mol. The number of nitrogens with one attached hydrogen (secondary N) is 1. The second-order valence-electron chi connectivity index (χ2n) is 5.22. The molecule has 1 fully saturated rings. The topological polar surface area (TPSA) is 52.6 Å². The van der Waals surface area contributed by atoms with Gasteiger partial charge in [-0.05, 0) is 43.2 Å². The van der Waals surface area contributed by atoms with Gasteiger partial charge in [0.1, 0.15) is 0 Å². The number of piperidine rings is 1. The highest BCUT2D eigenvalue weighted by atomic mass is 32.2. The van der Waals surface area contributed by atoms with Crippen LogP contribution >= 0.6 is 11.8 Å². The number of benzene rings is 1. The molecule has 1 heterocycles. The van der Waals surface area contributed by atoms with E-state index in [4.69, 9.17) is 0 Å². The van der Waals surface area contributed by atoms with Crippen molar-refractivity contribution < 1.29 is 9.90 Å². The Morgan fingerprint density at radius 3 is 3.05 bits per heavy atom. The number of carbonyl (C=O) groups excluding carboxylic acids is 1. The second kappa shape index (κ2) is 6.99. The number of urea groups is 1. The SMILES string of the molecule is CSc1cccc(NC(=O)N2CCCC(C)C2CO)c1. The molecule has 20 heavy (non-hydrogen) atoms. The van der Waals surface area contributed by atoms with Crippen molar-refractivity contribution >= 4 is 23.5 Å². The summed E-state index contributed by atoms with van der Waals surface area (Å²) >= 11 is 1.65. The quantitative estimate of drug-likeness (QED) is 0.843. The molecule has 5 heteroatoms. The Bertz CT molecular complexity index is 467. The van der Waals surface area contributed by atoms with Crippen LogP contribution in [0.1, 0.15) is 19.8 Å². The van der Waals surface area contributed by atoms with Gasteiger partial charge in [-0.25, -0.2) is 4.79 Å². The predicted molar refractivity (Wildman–Crippen MR) is 83.2 cm³/mol. The van der Waals surface area contributed by atoms with E-state index in [9.17, 15) is 9.90 Å². The van der Waals surface area contributed by atoms with E-state index in [1.807, 2.05) is 30.5 Å². The van der Waals surface area contributed by atoms with Crippen molar-refractivity contribution in [2.24, 2.45) is 5.92 Å². The van der Waals surface area contributed by atoms with Crippen LogP contribution in [0.5, 0.6) is 0 Å². The molecule has 1 aromatic rings. The molecule has 110 valence electrons. The number of carbonyl (C=O) groups is 1. The van der Waals surface area contributed by atoms with Gasteiger partial charge in [-0.15, -0.1) is 11.8 Å². The molecule has 0 aliphatic carbocycles. The molecule has 1 aromatic carbocycles. The highest BCUT2D eigenvalue weighted by Gasteiger charge is 2.31. The Morgan fingerprint density at radius 1 is 1.55 bits per heavy atom. The lowest BCUT2D eigenvalue weighted by Crippen LogP contribution is -2.51. The van der Waals surface area contributed by atoms with E-state index < -0.39 is 0 Å². The summed E-state index contributed by atoms with van der Waals surface area (Å²) in [6.45, 7) is 2.83. The van der Waals surface area contributed by atoms with Gasteiger partial charge in [0.2, 0.25) is 0 Å². The van der Waals surface area contributed by atoms with Crippen LogP contribution < -0.4 is 5.32 Å². The van der Waals surface area contributed by atoms with Crippen LogP contribution in [-0.2, 0) is 0 Å². The molecule has 0 spiro atoms.